The van der Waals surface area contributed by atoms with Crippen molar-refractivity contribution in [3.05, 3.63) is 20.3 Å². The number of thiophene rings is 1. The highest BCUT2D eigenvalue weighted by atomic mass is 79.9. The number of hydrogen-bond acceptors (Lipinski definition) is 3. The molecule has 5 heteroatoms. The Labute approximate surface area is 121 Å². The van der Waals surface area contributed by atoms with Crippen LogP contribution in [-0.2, 0) is 4.74 Å². The summed E-state index contributed by atoms with van der Waals surface area (Å²) in [6.07, 6.45) is 0.851. The van der Waals surface area contributed by atoms with Crippen molar-refractivity contribution in [1.82, 2.24) is 5.32 Å². The van der Waals surface area contributed by atoms with E-state index in [4.69, 9.17) is 4.74 Å². The second-order valence-corrected chi connectivity index (χ2v) is 7.02. The Morgan fingerprint density at radius 2 is 2.28 bits per heavy atom. The third-order valence-corrected chi connectivity index (χ3v) is 4.42. The Morgan fingerprint density at radius 1 is 1.56 bits per heavy atom. The van der Waals surface area contributed by atoms with Crippen molar-refractivity contribution >= 4 is 33.2 Å². The molecule has 18 heavy (non-hydrogen) atoms. The van der Waals surface area contributed by atoms with E-state index in [1.54, 1.807) is 0 Å². The van der Waals surface area contributed by atoms with E-state index < -0.39 is 0 Å². The first kappa shape index (κ1) is 15.7. The molecule has 0 spiro atoms. The second-order valence-electron chi connectivity index (χ2n) is 4.65. The molecule has 1 aromatic heterocycles. The lowest BCUT2D eigenvalue weighted by Gasteiger charge is -2.07. The molecule has 1 heterocycles. The molecule has 0 aliphatic carbocycles. The number of carbonyl (C=O) groups is 1. The smallest absolute Gasteiger partial charge is 0.261 e. The molecule has 0 aliphatic rings. The zero-order chi connectivity index (χ0) is 13.5. The Bertz CT molecular complexity index is 371. The molecule has 0 bridgehead atoms. The van der Waals surface area contributed by atoms with Crippen LogP contribution in [0.3, 0.4) is 0 Å². The zero-order valence-corrected chi connectivity index (χ0v) is 13.5. The van der Waals surface area contributed by atoms with Gasteiger partial charge in [0.1, 0.15) is 0 Å². The first-order valence-corrected chi connectivity index (χ1v) is 7.73. The molecule has 0 atom stereocenters. The van der Waals surface area contributed by atoms with Gasteiger partial charge in [-0.15, -0.1) is 11.3 Å². The standard InChI is InChI=1S/C13H20BrNO2S/c1-9(2)8-17-6-4-5-15-13(16)11-7-10(3)12(14)18-11/h7,9H,4-6,8H2,1-3H3,(H,15,16). The van der Waals surface area contributed by atoms with Gasteiger partial charge in [0.25, 0.3) is 5.91 Å². The van der Waals surface area contributed by atoms with Gasteiger partial charge in [0.05, 0.1) is 8.66 Å². The fraction of sp³-hybridized carbons (Fsp3) is 0.615. The minimum atomic E-state index is -0.00217. The van der Waals surface area contributed by atoms with Gasteiger partial charge in [-0.3, -0.25) is 4.79 Å². The van der Waals surface area contributed by atoms with Crippen LogP contribution in [0.1, 0.15) is 35.5 Å². The minimum Gasteiger partial charge on any atom is -0.381 e. The summed E-state index contributed by atoms with van der Waals surface area (Å²) in [5.74, 6) is 0.559. The molecule has 3 nitrogen and oxygen atoms in total. The molecule has 0 saturated carbocycles. The lowest BCUT2D eigenvalue weighted by atomic mass is 10.2. The van der Waals surface area contributed by atoms with Crippen LogP contribution in [0.5, 0.6) is 0 Å². The fourth-order valence-corrected chi connectivity index (χ4v) is 2.81. The quantitative estimate of drug-likeness (QED) is 0.774. The van der Waals surface area contributed by atoms with Crippen LogP contribution in [0.15, 0.2) is 9.85 Å². The maximum absolute atomic E-state index is 11.8. The monoisotopic (exact) mass is 333 g/mol. The largest absolute Gasteiger partial charge is 0.381 e. The minimum absolute atomic E-state index is 0.00217. The van der Waals surface area contributed by atoms with Gasteiger partial charge in [-0.05, 0) is 46.8 Å². The van der Waals surface area contributed by atoms with Crippen molar-refractivity contribution in [2.75, 3.05) is 19.8 Å². The van der Waals surface area contributed by atoms with Gasteiger partial charge in [-0.2, -0.15) is 0 Å². The molecule has 0 unspecified atom stereocenters. The number of hydrogen-bond donors (Lipinski definition) is 1. The Morgan fingerprint density at radius 3 is 2.83 bits per heavy atom. The summed E-state index contributed by atoms with van der Waals surface area (Å²) in [6, 6.07) is 1.90. The number of carbonyl (C=O) groups excluding carboxylic acids is 1. The number of halogens is 1. The highest BCUT2D eigenvalue weighted by Gasteiger charge is 2.10. The molecular weight excluding hydrogens is 314 g/mol. The number of rotatable bonds is 7. The van der Waals surface area contributed by atoms with Gasteiger partial charge in [0.2, 0.25) is 0 Å². The highest BCUT2D eigenvalue weighted by molar-refractivity contribution is 9.11. The van der Waals surface area contributed by atoms with Crippen LogP contribution >= 0.6 is 27.3 Å². The predicted octanol–water partition coefficient (Wildman–Crippen LogP) is 3.61. The SMILES string of the molecule is Cc1cc(C(=O)NCCCOCC(C)C)sc1Br. The average molecular weight is 334 g/mol. The summed E-state index contributed by atoms with van der Waals surface area (Å²) < 4.78 is 6.47. The highest BCUT2D eigenvalue weighted by Crippen LogP contribution is 2.27. The number of ether oxygens (including phenoxy) is 1. The van der Waals surface area contributed by atoms with Crippen LogP contribution in [0.25, 0.3) is 0 Å². The first-order chi connectivity index (χ1) is 8.50. The van der Waals surface area contributed by atoms with Gasteiger partial charge in [0, 0.05) is 19.8 Å². The van der Waals surface area contributed by atoms with E-state index in [-0.39, 0.29) is 5.91 Å². The molecule has 0 aliphatic heterocycles. The number of amides is 1. The van der Waals surface area contributed by atoms with Crippen molar-refractivity contribution in [3.63, 3.8) is 0 Å². The van der Waals surface area contributed by atoms with Crippen molar-refractivity contribution in [3.8, 4) is 0 Å². The molecule has 0 saturated heterocycles. The van der Waals surface area contributed by atoms with E-state index in [0.717, 1.165) is 27.3 Å². The summed E-state index contributed by atoms with van der Waals surface area (Å²) in [5, 5.41) is 2.90. The molecule has 1 rings (SSSR count). The van der Waals surface area contributed by atoms with Crippen molar-refractivity contribution in [1.29, 1.82) is 0 Å². The lowest BCUT2D eigenvalue weighted by Crippen LogP contribution is -2.24. The molecule has 1 aromatic rings. The van der Waals surface area contributed by atoms with Crippen molar-refractivity contribution in [2.24, 2.45) is 5.92 Å². The van der Waals surface area contributed by atoms with E-state index in [1.165, 1.54) is 11.3 Å². The van der Waals surface area contributed by atoms with Gasteiger partial charge >= 0.3 is 0 Å². The molecule has 1 amide bonds. The van der Waals surface area contributed by atoms with Crippen molar-refractivity contribution in [2.45, 2.75) is 27.2 Å². The summed E-state index contributed by atoms with van der Waals surface area (Å²) in [7, 11) is 0. The average Bonchev–Trinajstić information content (AvgIpc) is 2.63. The Hall–Kier alpha value is -0.390. The zero-order valence-electron chi connectivity index (χ0n) is 11.1. The molecule has 0 aromatic carbocycles. The molecule has 0 radical (unpaired) electrons. The third-order valence-electron chi connectivity index (χ3n) is 2.28. The molecule has 102 valence electrons. The molecule has 0 fully saturated rings. The topological polar surface area (TPSA) is 38.3 Å². The van der Waals surface area contributed by atoms with Crippen LogP contribution < -0.4 is 5.32 Å². The Balaban J connectivity index is 2.18. The van der Waals surface area contributed by atoms with E-state index in [1.807, 2.05) is 13.0 Å². The number of aryl methyl sites for hydroxylation is 1. The second kappa shape index (κ2) is 7.92. The maximum atomic E-state index is 11.8. The van der Waals surface area contributed by atoms with Crippen LogP contribution in [0.2, 0.25) is 0 Å². The van der Waals surface area contributed by atoms with Crippen LogP contribution in [0, 0.1) is 12.8 Å². The van der Waals surface area contributed by atoms with E-state index in [9.17, 15) is 4.79 Å². The fourth-order valence-electron chi connectivity index (χ4n) is 1.35. The number of nitrogens with one attached hydrogen (secondary N) is 1. The van der Waals surface area contributed by atoms with Gasteiger partial charge in [-0.1, -0.05) is 13.8 Å². The summed E-state index contributed by atoms with van der Waals surface area (Å²) in [5.41, 5.74) is 1.10. The normalized spacial score (nSPS) is 10.9. The van der Waals surface area contributed by atoms with Gasteiger partial charge in [-0.25, -0.2) is 0 Å². The van der Waals surface area contributed by atoms with E-state index in [2.05, 4.69) is 35.1 Å². The first-order valence-electron chi connectivity index (χ1n) is 6.12. The lowest BCUT2D eigenvalue weighted by molar-refractivity contribution is 0.0928. The predicted molar refractivity (Wildman–Crippen MR) is 79.4 cm³/mol. The molecular formula is C13H20BrNO2S. The maximum Gasteiger partial charge on any atom is 0.261 e. The van der Waals surface area contributed by atoms with Crippen molar-refractivity contribution < 1.29 is 9.53 Å². The van der Waals surface area contributed by atoms with Gasteiger partial charge in [0.15, 0.2) is 0 Å². The van der Waals surface area contributed by atoms with E-state index >= 15 is 0 Å². The van der Waals surface area contributed by atoms with Crippen LogP contribution in [0.4, 0.5) is 0 Å². The van der Waals surface area contributed by atoms with Gasteiger partial charge < -0.3 is 10.1 Å². The summed E-state index contributed by atoms with van der Waals surface area (Å²) >= 11 is 4.89. The summed E-state index contributed by atoms with van der Waals surface area (Å²) in [4.78, 5) is 12.5. The summed E-state index contributed by atoms with van der Waals surface area (Å²) in [6.45, 7) is 8.37. The Kier molecular flexibility index (Phi) is 6.89. The van der Waals surface area contributed by atoms with E-state index in [0.29, 0.717) is 19.1 Å². The third kappa shape index (κ3) is 5.50. The van der Waals surface area contributed by atoms with Crippen LogP contribution in [-0.4, -0.2) is 25.7 Å². The molecule has 1 N–H and O–H groups in total.